The number of hydrogen-bond donors (Lipinski definition) is 0. The van der Waals surface area contributed by atoms with Crippen LogP contribution in [0.2, 0.25) is 0 Å². The first-order valence-electron chi connectivity index (χ1n) is 8.14. The summed E-state index contributed by atoms with van der Waals surface area (Å²) in [5.41, 5.74) is -0.729. The molecular formula is C18H24O7. The van der Waals surface area contributed by atoms with Crippen LogP contribution < -0.4 is 14.2 Å². The summed E-state index contributed by atoms with van der Waals surface area (Å²) in [5, 5.41) is 0. The van der Waals surface area contributed by atoms with Gasteiger partial charge in [-0.3, -0.25) is 9.59 Å². The molecule has 7 heteroatoms. The van der Waals surface area contributed by atoms with Gasteiger partial charge in [0.1, 0.15) is 17.2 Å². The second-order valence-corrected chi connectivity index (χ2v) is 5.61. The van der Waals surface area contributed by atoms with E-state index in [1.165, 1.54) is 21.3 Å². The minimum absolute atomic E-state index is 0.184. The van der Waals surface area contributed by atoms with Crippen molar-refractivity contribution in [1.82, 2.24) is 0 Å². The Morgan fingerprint density at radius 2 is 1.44 bits per heavy atom. The predicted molar refractivity (Wildman–Crippen MR) is 89.2 cm³/mol. The van der Waals surface area contributed by atoms with Gasteiger partial charge in [0, 0.05) is 23.6 Å². The Hall–Kier alpha value is -2.44. The van der Waals surface area contributed by atoms with Gasteiger partial charge in [-0.05, 0) is 20.3 Å². The molecule has 0 N–H and O–H groups in total. The summed E-state index contributed by atoms with van der Waals surface area (Å²) in [6.07, 6.45) is 0.281. The smallest absolute Gasteiger partial charge is 0.324 e. The molecule has 1 saturated carbocycles. The molecule has 1 aromatic carbocycles. The van der Waals surface area contributed by atoms with Crippen molar-refractivity contribution in [2.45, 2.75) is 26.2 Å². The minimum Gasteiger partial charge on any atom is -0.496 e. The molecule has 1 unspecified atom stereocenters. The Kier molecular flexibility index (Phi) is 5.77. The number of esters is 2. The van der Waals surface area contributed by atoms with Crippen molar-refractivity contribution in [3.05, 3.63) is 17.7 Å². The lowest BCUT2D eigenvalue weighted by Crippen LogP contribution is -2.31. The molecule has 0 radical (unpaired) electrons. The largest absolute Gasteiger partial charge is 0.496 e. The third-order valence-electron chi connectivity index (χ3n) is 4.34. The van der Waals surface area contributed by atoms with Crippen molar-refractivity contribution in [3.63, 3.8) is 0 Å². The fraction of sp³-hybridized carbons (Fsp3) is 0.556. The normalized spacial score (nSPS) is 17.4. The first kappa shape index (κ1) is 18.9. The molecule has 2 rings (SSSR count). The molecule has 138 valence electrons. The number of hydrogen-bond acceptors (Lipinski definition) is 7. The van der Waals surface area contributed by atoms with Crippen LogP contribution in [-0.2, 0) is 19.1 Å². The van der Waals surface area contributed by atoms with E-state index in [9.17, 15) is 9.59 Å². The van der Waals surface area contributed by atoms with Crippen LogP contribution in [0.15, 0.2) is 12.1 Å². The van der Waals surface area contributed by atoms with Crippen LogP contribution in [0.25, 0.3) is 0 Å². The van der Waals surface area contributed by atoms with Gasteiger partial charge < -0.3 is 23.7 Å². The van der Waals surface area contributed by atoms with Crippen LogP contribution in [0.3, 0.4) is 0 Å². The van der Waals surface area contributed by atoms with Crippen molar-refractivity contribution in [3.8, 4) is 17.2 Å². The lowest BCUT2D eigenvalue weighted by Gasteiger charge is -2.18. The van der Waals surface area contributed by atoms with Crippen LogP contribution in [-0.4, -0.2) is 46.5 Å². The van der Waals surface area contributed by atoms with Gasteiger partial charge in [0.2, 0.25) is 0 Å². The van der Waals surface area contributed by atoms with Crippen LogP contribution >= 0.6 is 0 Å². The van der Waals surface area contributed by atoms with Gasteiger partial charge in [-0.25, -0.2) is 0 Å². The molecule has 1 atom stereocenters. The van der Waals surface area contributed by atoms with E-state index in [-0.39, 0.29) is 19.6 Å². The molecule has 0 heterocycles. The highest BCUT2D eigenvalue weighted by molar-refractivity contribution is 6.05. The summed E-state index contributed by atoms with van der Waals surface area (Å²) < 4.78 is 26.4. The van der Waals surface area contributed by atoms with E-state index in [0.29, 0.717) is 22.8 Å². The maximum absolute atomic E-state index is 12.5. The van der Waals surface area contributed by atoms with Crippen molar-refractivity contribution in [2.24, 2.45) is 5.41 Å². The standard InChI is InChI=1S/C18H24O7/c1-6-24-16(19)18(17(20)25-7-2)10-12(18)15-13(22-4)8-11(21-3)9-14(15)23-5/h8-9,12H,6-7,10H2,1-5H3. The molecule has 0 amide bonds. The lowest BCUT2D eigenvalue weighted by atomic mass is 9.97. The molecule has 0 aromatic heterocycles. The Morgan fingerprint density at radius 1 is 0.960 bits per heavy atom. The number of carbonyl (C=O) groups is 2. The van der Waals surface area contributed by atoms with Gasteiger partial charge in [0.15, 0.2) is 5.41 Å². The van der Waals surface area contributed by atoms with Gasteiger partial charge in [0.05, 0.1) is 34.5 Å². The van der Waals surface area contributed by atoms with Crippen LogP contribution in [0.4, 0.5) is 0 Å². The van der Waals surface area contributed by atoms with E-state index >= 15 is 0 Å². The van der Waals surface area contributed by atoms with Gasteiger partial charge in [0.25, 0.3) is 0 Å². The van der Waals surface area contributed by atoms with Crippen LogP contribution in [0, 0.1) is 5.41 Å². The molecule has 1 aromatic rings. The average molecular weight is 352 g/mol. The highest BCUT2D eigenvalue weighted by Gasteiger charge is 2.70. The van der Waals surface area contributed by atoms with Gasteiger partial charge in [-0.15, -0.1) is 0 Å². The summed E-state index contributed by atoms with van der Waals surface area (Å²) in [6, 6.07) is 3.38. The third-order valence-corrected chi connectivity index (χ3v) is 4.34. The maximum atomic E-state index is 12.5. The molecule has 7 nitrogen and oxygen atoms in total. The Balaban J connectivity index is 2.50. The Bertz CT molecular complexity index is 610. The topological polar surface area (TPSA) is 80.3 Å². The molecule has 1 fully saturated rings. The quantitative estimate of drug-likeness (QED) is 0.524. The molecule has 1 aliphatic carbocycles. The van der Waals surface area contributed by atoms with E-state index in [4.69, 9.17) is 23.7 Å². The van der Waals surface area contributed by atoms with Crippen LogP contribution in [0.1, 0.15) is 31.7 Å². The molecule has 1 aliphatic rings. The monoisotopic (exact) mass is 352 g/mol. The third kappa shape index (κ3) is 3.23. The molecule has 0 bridgehead atoms. The second-order valence-electron chi connectivity index (χ2n) is 5.61. The number of methoxy groups -OCH3 is 3. The lowest BCUT2D eigenvalue weighted by molar-refractivity contribution is -0.164. The fourth-order valence-electron chi connectivity index (χ4n) is 3.04. The number of carbonyl (C=O) groups excluding carboxylic acids is 2. The second kappa shape index (κ2) is 7.63. The van der Waals surface area contributed by atoms with Crippen molar-refractivity contribution < 1.29 is 33.3 Å². The van der Waals surface area contributed by atoms with Crippen molar-refractivity contribution in [2.75, 3.05) is 34.5 Å². The fourth-order valence-corrected chi connectivity index (χ4v) is 3.04. The minimum atomic E-state index is -1.36. The molecular weight excluding hydrogens is 328 g/mol. The van der Waals surface area contributed by atoms with E-state index in [1.54, 1.807) is 26.0 Å². The predicted octanol–water partition coefficient (Wildman–Crippen LogP) is 2.31. The summed E-state index contributed by atoms with van der Waals surface area (Å²) in [4.78, 5) is 25.0. The number of ether oxygens (including phenoxy) is 5. The first-order chi connectivity index (χ1) is 12.0. The summed E-state index contributed by atoms with van der Waals surface area (Å²) in [6.45, 7) is 3.76. The Labute approximate surface area is 147 Å². The summed E-state index contributed by atoms with van der Waals surface area (Å²) in [7, 11) is 4.56. The highest BCUT2D eigenvalue weighted by Crippen LogP contribution is 2.64. The van der Waals surface area contributed by atoms with Crippen molar-refractivity contribution >= 4 is 11.9 Å². The molecule has 0 aliphatic heterocycles. The van der Waals surface area contributed by atoms with Crippen molar-refractivity contribution in [1.29, 1.82) is 0 Å². The van der Waals surface area contributed by atoms with Gasteiger partial charge >= 0.3 is 11.9 Å². The SMILES string of the molecule is CCOC(=O)C1(C(=O)OCC)CC1c1c(OC)cc(OC)cc1OC. The van der Waals surface area contributed by atoms with Gasteiger partial charge in [-0.2, -0.15) is 0 Å². The zero-order valence-electron chi connectivity index (χ0n) is 15.2. The van der Waals surface area contributed by atoms with E-state index in [1.807, 2.05) is 0 Å². The summed E-state index contributed by atoms with van der Waals surface area (Å²) >= 11 is 0. The van der Waals surface area contributed by atoms with E-state index in [0.717, 1.165) is 0 Å². The average Bonchev–Trinajstić information content (AvgIpc) is 3.37. The first-order valence-corrected chi connectivity index (χ1v) is 8.14. The maximum Gasteiger partial charge on any atom is 0.324 e. The highest BCUT2D eigenvalue weighted by atomic mass is 16.6. The van der Waals surface area contributed by atoms with Crippen LogP contribution in [0.5, 0.6) is 17.2 Å². The number of rotatable bonds is 8. The van der Waals surface area contributed by atoms with E-state index in [2.05, 4.69) is 0 Å². The zero-order valence-corrected chi connectivity index (χ0v) is 15.2. The molecule has 0 spiro atoms. The van der Waals surface area contributed by atoms with Gasteiger partial charge in [-0.1, -0.05) is 0 Å². The summed E-state index contributed by atoms with van der Waals surface area (Å²) in [5.74, 6) is -0.0949. The van der Waals surface area contributed by atoms with E-state index < -0.39 is 23.3 Å². The molecule has 0 saturated heterocycles. The number of benzene rings is 1. The molecule has 25 heavy (non-hydrogen) atoms. The Morgan fingerprint density at radius 3 is 1.80 bits per heavy atom. The zero-order chi connectivity index (χ0) is 18.6.